The van der Waals surface area contributed by atoms with Gasteiger partial charge in [0.25, 0.3) is 0 Å². The lowest BCUT2D eigenvalue weighted by atomic mass is 9.87. The fraction of sp³-hybridized carbons (Fsp3) is 0.667. The van der Waals surface area contributed by atoms with Crippen molar-refractivity contribution in [1.82, 2.24) is 5.32 Å². The van der Waals surface area contributed by atoms with Crippen LogP contribution in [0.15, 0.2) is 30.3 Å². The van der Waals surface area contributed by atoms with E-state index in [1.807, 2.05) is 0 Å². The van der Waals surface area contributed by atoms with Gasteiger partial charge >= 0.3 is 0 Å². The molecule has 0 aliphatic carbocycles. The molecule has 0 amide bonds. The molecule has 2 rings (SSSR count). The van der Waals surface area contributed by atoms with Crippen molar-refractivity contribution >= 4 is 0 Å². The second-order valence-electron chi connectivity index (χ2n) is 5.81. The predicted molar refractivity (Wildman–Crippen MR) is 85.0 cm³/mol. The molecule has 0 saturated carbocycles. The van der Waals surface area contributed by atoms with E-state index in [1.165, 1.54) is 31.2 Å². The standard InChI is InChI=1S/C18H29NO/c1-3-18-16(13-14-20-18)17(19-4-2)12-8-11-15-9-6-5-7-10-15/h5-7,9-10,16-19H,3-4,8,11-14H2,1-2H3. The molecule has 1 heterocycles. The Morgan fingerprint density at radius 3 is 2.75 bits per heavy atom. The number of aryl methyl sites for hydroxylation is 1. The topological polar surface area (TPSA) is 21.3 Å². The van der Waals surface area contributed by atoms with E-state index in [0.29, 0.717) is 18.1 Å². The summed E-state index contributed by atoms with van der Waals surface area (Å²) in [6, 6.07) is 11.4. The van der Waals surface area contributed by atoms with Crippen molar-refractivity contribution in [1.29, 1.82) is 0 Å². The fourth-order valence-electron chi connectivity index (χ4n) is 3.45. The van der Waals surface area contributed by atoms with Crippen molar-refractivity contribution < 1.29 is 4.74 Å². The summed E-state index contributed by atoms with van der Waals surface area (Å²) in [5.74, 6) is 0.704. The molecule has 3 atom stereocenters. The summed E-state index contributed by atoms with van der Waals surface area (Å²) in [5.41, 5.74) is 1.46. The molecular weight excluding hydrogens is 246 g/mol. The maximum Gasteiger partial charge on any atom is 0.0616 e. The average Bonchev–Trinajstić information content (AvgIpc) is 2.96. The highest BCUT2D eigenvalue weighted by Crippen LogP contribution is 2.28. The second kappa shape index (κ2) is 8.43. The first-order valence-corrected chi connectivity index (χ1v) is 8.24. The molecule has 0 aromatic heterocycles. The third kappa shape index (κ3) is 4.32. The predicted octanol–water partition coefficient (Wildman–Crippen LogP) is 3.80. The van der Waals surface area contributed by atoms with Gasteiger partial charge in [0.05, 0.1) is 6.10 Å². The van der Waals surface area contributed by atoms with Crippen molar-refractivity contribution in [3.63, 3.8) is 0 Å². The van der Waals surface area contributed by atoms with Gasteiger partial charge in [0.2, 0.25) is 0 Å². The quantitative estimate of drug-likeness (QED) is 0.779. The molecule has 3 unspecified atom stereocenters. The van der Waals surface area contributed by atoms with Gasteiger partial charge in [-0.2, -0.15) is 0 Å². The van der Waals surface area contributed by atoms with Crippen LogP contribution in [0.1, 0.15) is 45.1 Å². The second-order valence-corrected chi connectivity index (χ2v) is 5.81. The van der Waals surface area contributed by atoms with Gasteiger partial charge in [0.15, 0.2) is 0 Å². The smallest absolute Gasteiger partial charge is 0.0616 e. The van der Waals surface area contributed by atoms with Crippen LogP contribution < -0.4 is 5.32 Å². The number of nitrogens with one attached hydrogen (secondary N) is 1. The molecule has 1 aliphatic heterocycles. The van der Waals surface area contributed by atoms with E-state index >= 15 is 0 Å². The minimum Gasteiger partial charge on any atom is -0.378 e. The molecule has 20 heavy (non-hydrogen) atoms. The van der Waals surface area contributed by atoms with Crippen LogP contribution in [0, 0.1) is 5.92 Å². The Kier molecular flexibility index (Phi) is 6.55. The Hall–Kier alpha value is -0.860. The molecule has 0 spiro atoms. The Labute approximate surface area is 123 Å². The molecule has 1 fully saturated rings. The maximum absolute atomic E-state index is 5.87. The number of ether oxygens (including phenoxy) is 1. The Bertz CT molecular complexity index is 365. The minimum absolute atomic E-state index is 0.468. The van der Waals surface area contributed by atoms with Crippen LogP contribution >= 0.6 is 0 Å². The van der Waals surface area contributed by atoms with Crippen LogP contribution in [-0.4, -0.2) is 25.3 Å². The first-order chi connectivity index (χ1) is 9.85. The van der Waals surface area contributed by atoms with Gasteiger partial charge in [0.1, 0.15) is 0 Å². The summed E-state index contributed by atoms with van der Waals surface area (Å²) in [6.07, 6.45) is 6.54. The molecule has 2 heteroatoms. The normalized spacial score (nSPS) is 23.9. The fourth-order valence-corrected chi connectivity index (χ4v) is 3.45. The molecule has 0 radical (unpaired) electrons. The van der Waals surface area contributed by atoms with E-state index in [2.05, 4.69) is 49.5 Å². The van der Waals surface area contributed by atoms with Gasteiger partial charge < -0.3 is 10.1 Å². The average molecular weight is 275 g/mol. The largest absolute Gasteiger partial charge is 0.378 e. The van der Waals surface area contributed by atoms with Crippen LogP contribution in [0.4, 0.5) is 0 Å². The van der Waals surface area contributed by atoms with Crippen molar-refractivity contribution in [2.75, 3.05) is 13.2 Å². The summed E-state index contributed by atoms with van der Waals surface area (Å²) in [7, 11) is 0. The first kappa shape index (κ1) is 15.5. The number of hydrogen-bond donors (Lipinski definition) is 1. The number of hydrogen-bond acceptors (Lipinski definition) is 2. The zero-order valence-corrected chi connectivity index (χ0v) is 13.0. The third-order valence-corrected chi connectivity index (χ3v) is 4.47. The van der Waals surface area contributed by atoms with E-state index in [0.717, 1.165) is 19.6 Å². The number of benzene rings is 1. The summed E-state index contributed by atoms with van der Waals surface area (Å²) in [5, 5.41) is 3.70. The van der Waals surface area contributed by atoms with Crippen LogP contribution in [0.5, 0.6) is 0 Å². The highest BCUT2D eigenvalue weighted by molar-refractivity contribution is 5.14. The molecule has 0 bridgehead atoms. The monoisotopic (exact) mass is 275 g/mol. The van der Waals surface area contributed by atoms with Crippen molar-refractivity contribution in [3.8, 4) is 0 Å². The lowest BCUT2D eigenvalue weighted by Crippen LogP contribution is -2.39. The highest BCUT2D eigenvalue weighted by atomic mass is 16.5. The Morgan fingerprint density at radius 1 is 1.25 bits per heavy atom. The molecule has 112 valence electrons. The van der Waals surface area contributed by atoms with Gasteiger partial charge in [0, 0.05) is 18.6 Å². The molecule has 1 aromatic rings. The zero-order chi connectivity index (χ0) is 14.2. The van der Waals surface area contributed by atoms with Crippen LogP contribution in [0.2, 0.25) is 0 Å². The lowest BCUT2D eigenvalue weighted by Gasteiger charge is -2.28. The minimum atomic E-state index is 0.468. The van der Waals surface area contributed by atoms with E-state index < -0.39 is 0 Å². The SMILES string of the molecule is CCNC(CCCc1ccccc1)C1CCOC1CC. The Balaban J connectivity index is 1.83. The molecule has 1 aliphatic rings. The molecular formula is C18H29NO. The highest BCUT2D eigenvalue weighted by Gasteiger charge is 2.32. The van der Waals surface area contributed by atoms with Gasteiger partial charge in [-0.1, -0.05) is 44.2 Å². The van der Waals surface area contributed by atoms with Crippen LogP contribution in [-0.2, 0) is 11.2 Å². The van der Waals surface area contributed by atoms with Crippen LogP contribution in [0.3, 0.4) is 0 Å². The van der Waals surface area contributed by atoms with E-state index in [-0.39, 0.29) is 0 Å². The van der Waals surface area contributed by atoms with E-state index in [9.17, 15) is 0 Å². The van der Waals surface area contributed by atoms with Crippen molar-refractivity contribution in [3.05, 3.63) is 35.9 Å². The molecule has 1 aromatic carbocycles. The Morgan fingerprint density at radius 2 is 2.05 bits per heavy atom. The molecule has 1 saturated heterocycles. The zero-order valence-electron chi connectivity index (χ0n) is 13.0. The lowest BCUT2D eigenvalue weighted by molar-refractivity contribution is 0.0764. The summed E-state index contributed by atoms with van der Waals surface area (Å²) in [4.78, 5) is 0. The van der Waals surface area contributed by atoms with Gasteiger partial charge in [-0.3, -0.25) is 0 Å². The van der Waals surface area contributed by atoms with Gasteiger partial charge in [-0.25, -0.2) is 0 Å². The first-order valence-electron chi connectivity index (χ1n) is 8.24. The third-order valence-electron chi connectivity index (χ3n) is 4.47. The molecule has 2 nitrogen and oxygen atoms in total. The number of rotatable bonds is 8. The van der Waals surface area contributed by atoms with Gasteiger partial charge in [-0.15, -0.1) is 0 Å². The maximum atomic E-state index is 5.87. The summed E-state index contributed by atoms with van der Waals surface area (Å²) >= 11 is 0. The van der Waals surface area contributed by atoms with E-state index in [1.54, 1.807) is 0 Å². The summed E-state index contributed by atoms with van der Waals surface area (Å²) < 4.78 is 5.87. The summed E-state index contributed by atoms with van der Waals surface area (Å²) in [6.45, 7) is 6.46. The van der Waals surface area contributed by atoms with E-state index in [4.69, 9.17) is 4.74 Å². The molecule has 1 N–H and O–H groups in total. The van der Waals surface area contributed by atoms with Crippen LogP contribution in [0.25, 0.3) is 0 Å². The van der Waals surface area contributed by atoms with Crippen molar-refractivity contribution in [2.24, 2.45) is 5.92 Å². The van der Waals surface area contributed by atoms with Crippen molar-refractivity contribution in [2.45, 2.75) is 58.1 Å². The van der Waals surface area contributed by atoms with Gasteiger partial charge in [-0.05, 0) is 44.2 Å².